The molecule has 0 saturated heterocycles. The molecule has 1 N–H and O–H groups in total. The van der Waals surface area contributed by atoms with E-state index in [1.165, 1.54) is 36.2 Å². The zero-order valence-electron chi connectivity index (χ0n) is 11.0. The minimum absolute atomic E-state index is 0.00115. The summed E-state index contributed by atoms with van der Waals surface area (Å²) in [6.45, 7) is 0. The van der Waals surface area contributed by atoms with Crippen LogP contribution in [0.2, 0.25) is 5.02 Å². The van der Waals surface area contributed by atoms with Crippen LogP contribution >= 0.6 is 11.6 Å². The Balaban J connectivity index is 2.35. The highest BCUT2D eigenvalue weighted by Gasteiger charge is 2.17. The van der Waals surface area contributed by atoms with Crippen LogP contribution in [0.5, 0.6) is 0 Å². The van der Waals surface area contributed by atoms with Crippen LogP contribution in [0.4, 0.5) is 10.1 Å². The van der Waals surface area contributed by atoms with E-state index in [4.69, 9.17) is 16.7 Å². The number of rotatable bonds is 3. The summed E-state index contributed by atoms with van der Waals surface area (Å²) in [7, 11) is 1.49. The van der Waals surface area contributed by atoms with E-state index in [1.807, 2.05) is 0 Å². The highest BCUT2D eigenvalue weighted by atomic mass is 35.5. The number of carbonyl (C=O) groups excluding carboxylic acids is 1. The fourth-order valence-corrected chi connectivity index (χ4v) is 2.06. The molecule has 0 aliphatic rings. The summed E-state index contributed by atoms with van der Waals surface area (Å²) in [5.41, 5.74) is 0.610. The number of carboxylic acid groups (broad SMARTS) is 1. The first-order valence-electron chi connectivity index (χ1n) is 5.96. The molecule has 0 heterocycles. The summed E-state index contributed by atoms with van der Waals surface area (Å²) < 4.78 is 13.0. The topological polar surface area (TPSA) is 57.6 Å². The summed E-state index contributed by atoms with van der Waals surface area (Å²) in [5.74, 6) is -2.08. The van der Waals surface area contributed by atoms with Gasteiger partial charge in [-0.25, -0.2) is 9.18 Å². The Morgan fingerprint density at radius 1 is 1.19 bits per heavy atom. The smallest absolute Gasteiger partial charge is 0.335 e. The Morgan fingerprint density at radius 3 is 2.52 bits per heavy atom. The van der Waals surface area contributed by atoms with Gasteiger partial charge in [-0.1, -0.05) is 17.7 Å². The molecule has 0 bridgehead atoms. The molecule has 0 spiro atoms. The van der Waals surface area contributed by atoms with Crippen molar-refractivity contribution in [3.63, 3.8) is 0 Å². The van der Waals surface area contributed by atoms with Gasteiger partial charge in [0.25, 0.3) is 5.91 Å². The molecule has 108 valence electrons. The van der Waals surface area contributed by atoms with Crippen molar-refractivity contribution in [1.82, 2.24) is 0 Å². The predicted octanol–water partition coefficient (Wildman–Crippen LogP) is 3.45. The van der Waals surface area contributed by atoms with Crippen molar-refractivity contribution in [2.45, 2.75) is 0 Å². The van der Waals surface area contributed by atoms with E-state index in [-0.39, 0.29) is 16.1 Å². The highest BCUT2D eigenvalue weighted by Crippen LogP contribution is 2.22. The number of halogens is 2. The maximum atomic E-state index is 13.0. The van der Waals surface area contributed by atoms with Crippen LogP contribution in [0.1, 0.15) is 20.7 Å². The van der Waals surface area contributed by atoms with Crippen molar-refractivity contribution >= 4 is 29.2 Å². The zero-order valence-corrected chi connectivity index (χ0v) is 11.8. The van der Waals surface area contributed by atoms with Crippen molar-refractivity contribution in [1.29, 1.82) is 0 Å². The molecular weight excluding hydrogens is 297 g/mol. The third kappa shape index (κ3) is 3.20. The van der Waals surface area contributed by atoms with Gasteiger partial charge in [-0.3, -0.25) is 4.79 Å². The van der Waals surface area contributed by atoms with E-state index < -0.39 is 17.7 Å². The monoisotopic (exact) mass is 307 g/mol. The van der Waals surface area contributed by atoms with Crippen LogP contribution in [-0.2, 0) is 0 Å². The fourth-order valence-electron chi connectivity index (χ4n) is 1.81. The van der Waals surface area contributed by atoms with Crippen LogP contribution < -0.4 is 4.90 Å². The maximum Gasteiger partial charge on any atom is 0.335 e. The number of hydrogen-bond acceptors (Lipinski definition) is 2. The van der Waals surface area contributed by atoms with E-state index in [0.29, 0.717) is 5.69 Å². The van der Waals surface area contributed by atoms with Gasteiger partial charge in [0.1, 0.15) is 5.82 Å². The number of nitrogens with zero attached hydrogens (tertiary/aromatic N) is 1. The molecule has 4 nitrogen and oxygen atoms in total. The van der Waals surface area contributed by atoms with Gasteiger partial charge < -0.3 is 10.0 Å². The Bertz CT molecular complexity index is 718. The SMILES string of the molecule is CN(C(=O)c1ccc(F)cc1Cl)c1cccc(C(=O)O)c1. The largest absolute Gasteiger partial charge is 0.478 e. The molecule has 6 heteroatoms. The molecular formula is C15H11ClFNO3. The summed E-state index contributed by atoms with van der Waals surface area (Å²) in [6.07, 6.45) is 0. The van der Waals surface area contributed by atoms with Crippen molar-refractivity contribution in [3.8, 4) is 0 Å². The first kappa shape index (κ1) is 15.0. The van der Waals surface area contributed by atoms with Crippen molar-refractivity contribution in [3.05, 3.63) is 64.4 Å². The van der Waals surface area contributed by atoms with Crippen LogP contribution in [0.15, 0.2) is 42.5 Å². The van der Waals surface area contributed by atoms with Crippen LogP contribution in [-0.4, -0.2) is 24.0 Å². The summed E-state index contributed by atoms with van der Waals surface area (Å²) in [6, 6.07) is 9.41. The van der Waals surface area contributed by atoms with Gasteiger partial charge >= 0.3 is 5.97 Å². The second kappa shape index (κ2) is 5.93. The van der Waals surface area contributed by atoms with Gasteiger partial charge in [-0.15, -0.1) is 0 Å². The second-order valence-electron chi connectivity index (χ2n) is 4.34. The molecule has 2 rings (SSSR count). The molecule has 0 saturated carbocycles. The molecule has 21 heavy (non-hydrogen) atoms. The average Bonchev–Trinajstić information content (AvgIpc) is 2.46. The number of benzene rings is 2. The lowest BCUT2D eigenvalue weighted by Gasteiger charge is -2.18. The lowest BCUT2D eigenvalue weighted by Crippen LogP contribution is -2.26. The number of aromatic carboxylic acids is 1. The number of carbonyl (C=O) groups is 2. The summed E-state index contributed by atoms with van der Waals surface area (Å²) in [5, 5.41) is 8.96. The lowest BCUT2D eigenvalue weighted by atomic mass is 10.1. The van der Waals surface area contributed by atoms with Gasteiger partial charge in [0, 0.05) is 12.7 Å². The van der Waals surface area contributed by atoms with Gasteiger partial charge in [0.05, 0.1) is 16.1 Å². The average molecular weight is 308 g/mol. The van der Waals surface area contributed by atoms with Crippen LogP contribution in [0.25, 0.3) is 0 Å². The molecule has 0 aliphatic carbocycles. The normalized spacial score (nSPS) is 10.2. The van der Waals surface area contributed by atoms with Gasteiger partial charge in [0.2, 0.25) is 0 Å². The molecule has 2 aromatic rings. The zero-order chi connectivity index (χ0) is 15.6. The third-order valence-corrected chi connectivity index (χ3v) is 3.26. The van der Waals surface area contributed by atoms with E-state index >= 15 is 0 Å². The standard InChI is InChI=1S/C15H11ClFNO3/c1-18(11-4-2-3-9(7-11)15(20)21)14(19)12-6-5-10(17)8-13(12)16/h2-8H,1H3,(H,20,21). The number of anilines is 1. The molecule has 0 aromatic heterocycles. The predicted molar refractivity (Wildman–Crippen MR) is 77.5 cm³/mol. The first-order chi connectivity index (χ1) is 9.90. The third-order valence-electron chi connectivity index (χ3n) is 2.95. The quantitative estimate of drug-likeness (QED) is 0.945. The van der Waals surface area contributed by atoms with E-state index in [1.54, 1.807) is 6.07 Å². The fraction of sp³-hybridized carbons (Fsp3) is 0.0667. The van der Waals surface area contributed by atoms with Gasteiger partial charge in [-0.2, -0.15) is 0 Å². The van der Waals surface area contributed by atoms with E-state index in [2.05, 4.69) is 0 Å². The summed E-state index contributed by atoms with van der Waals surface area (Å²) >= 11 is 5.86. The first-order valence-corrected chi connectivity index (χ1v) is 6.34. The molecule has 0 atom stereocenters. The van der Waals surface area contributed by atoms with Crippen LogP contribution in [0.3, 0.4) is 0 Å². The number of amides is 1. The Morgan fingerprint density at radius 2 is 1.90 bits per heavy atom. The molecule has 1 amide bonds. The van der Waals surface area contributed by atoms with E-state index in [0.717, 1.165) is 12.1 Å². The minimum atomic E-state index is -1.09. The highest BCUT2D eigenvalue weighted by molar-refractivity contribution is 6.34. The Kier molecular flexibility index (Phi) is 4.23. The minimum Gasteiger partial charge on any atom is -0.478 e. The molecule has 0 radical (unpaired) electrons. The van der Waals surface area contributed by atoms with Gasteiger partial charge in [0.15, 0.2) is 0 Å². The van der Waals surface area contributed by atoms with Crippen molar-refractivity contribution < 1.29 is 19.1 Å². The van der Waals surface area contributed by atoms with E-state index in [9.17, 15) is 14.0 Å². The van der Waals surface area contributed by atoms with Crippen molar-refractivity contribution in [2.75, 3.05) is 11.9 Å². The second-order valence-corrected chi connectivity index (χ2v) is 4.75. The molecule has 0 aliphatic heterocycles. The maximum absolute atomic E-state index is 13.0. The molecule has 0 unspecified atom stereocenters. The van der Waals surface area contributed by atoms with Crippen molar-refractivity contribution in [2.24, 2.45) is 0 Å². The lowest BCUT2D eigenvalue weighted by molar-refractivity contribution is 0.0696. The molecule has 0 fully saturated rings. The number of carboxylic acids is 1. The Hall–Kier alpha value is -2.40. The number of hydrogen-bond donors (Lipinski definition) is 1. The summed E-state index contributed by atoms with van der Waals surface area (Å²) in [4.78, 5) is 24.5. The molecule has 2 aromatic carbocycles. The van der Waals surface area contributed by atoms with Crippen LogP contribution in [0, 0.1) is 5.82 Å². The Labute approximate surface area is 125 Å². The van der Waals surface area contributed by atoms with Gasteiger partial charge in [-0.05, 0) is 36.4 Å².